The van der Waals surface area contributed by atoms with Crippen molar-refractivity contribution in [1.29, 1.82) is 0 Å². The molecule has 0 amide bonds. The Balaban J connectivity index is 2.79. The Labute approximate surface area is 75.8 Å². The molecule has 1 aromatic carbocycles. The lowest BCUT2D eigenvalue weighted by molar-refractivity contribution is 0.397. The first-order chi connectivity index (χ1) is 5.75. The van der Waals surface area contributed by atoms with E-state index in [9.17, 15) is 0 Å². The summed E-state index contributed by atoms with van der Waals surface area (Å²) in [5.74, 6) is 4.90. The molecule has 66 valence electrons. The first-order valence-corrected chi connectivity index (χ1v) is 4.07. The fourth-order valence-electron chi connectivity index (χ4n) is 0.879. The van der Waals surface area contributed by atoms with Crippen molar-refractivity contribution < 1.29 is 4.28 Å². The van der Waals surface area contributed by atoms with Gasteiger partial charge in [0.25, 0.3) is 0 Å². The van der Waals surface area contributed by atoms with E-state index in [2.05, 4.69) is 4.28 Å². The van der Waals surface area contributed by atoms with Gasteiger partial charge in [-0.05, 0) is 12.1 Å². The van der Waals surface area contributed by atoms with Crippen molar-refractivity contribution in [3.8, 4) is 0 Å². The molecule has 0 aliphatic heterocycles. The highest BCUT2D eigenvalue weighted by molar-refractivity contribution is 7.96. The third-order valence-corrected chi connectivity index (χ3v) is 1.94. The molecule has 0 aliphatic rings. The number of nitrogen functional groups attached to an aromatic ring is 1. The smallest absolute Gasteiger partial charge is 0.135 e. The maximum Gasteiger partial charge on any atom is 0.135 e. The lowest BCUT2D eigenvalue weighted by atomic mass is 10.3. The molecule has 12 heavy (non-hydrogen) atoms. The molecule has 1 rings (SSSR count). The summed E-state index contributed by atoms with van der Waals surface area (Å²) in [6.07, 6.45) is 0. The van der Waals surface area contributed by atoms with Crippen LogP contribution in [0.2, 0.25) is 0 Å². The second-order valence-electron chi connectivity index (χ2n) is 2.23. The SMILES string of the molecule is CN(SON)c1ccccc1N. The van der Waals surface area contributed by atoms with Gasteiger partial charge in [-0.25, -0.2) is 10.2 Å². The van der Waals surface area contributed by atoms with Crippen molar-refractivity contribution in [2.75, 3.05) is 17.1 Å². The summed E-state index contributed by atoms with van der Waals surface area (Å²) in [4.78, 5) is 0. The molecule has 4 N–H and O–H groups in total. The lowest BCUT2D eigenvalue weighted by Gasteiger charge is -2.16. The van der Waals surface area contributed by atoms with Crippen LogP contribution in [0.3, 0.4) is 0 Å². The Kier molecular flexibility index (Phi) is 3.21. The molecule has 0 unspecified atom stereocenters. The molecule has 0 bridgehead atoms. The molecular weight excluding hydrogens is 174 g/mol. The largest absolute Gasteiger partial charge is 0.397 e. The molecule has 0 spiro atoms. The topological polar surface area (TPSA) is 64.5 Å². The minimum absolute atomic E-state index is 0.699. The van der Waals surface area contributed by atoms with Crippen molar-refractivity contribution in [3.05, 3.63) is 24.3 Å². The summed E-state index contributed by atoms with van der Waals surface area (Å²) >= 11 is 1.03. The fraction of sp³-hybridized carbons (Fsp3) is 0.143. The molecule has 0 aromatic heterocycles. The summed E-state index contributed by atoms with van der Waals surface area (Å²) in [5.41, 5.74) is 7.28. The molecule has 0 saturated heterocycles. The molecule has 1 aromatic rings. The normalized spacial score (nSPS) is 9.83. The summed E-state index contributed by atoms with van der Waals surface area (Å²) in [7, 11) is 1.82. The fourth-order valence-corrected chi connectivity index (χ4v) is 1.25. The summed E-state index contributed by atoms with van der Waals surface area (Å²) in [6.45, 7) is 0. The molecule has 0 fully saturated rings. The number of nitrogens with zero attached hydrogens (tertiary/aromatic N) is 1. The summed E-state index contributed by atoms with van der Waals surface area (Å²) in [6, 6.07) is 7.49. The van der Waals surface area contributed by atoms with E-state index in [1.54, 1.807) is 4.31 Å². The van der Waals surface area contributed by atoms with Crippen molar-refractivity contribution in [3.63, 3.8) is 0 Å². The zero-order valence-electron chi connectivity index (χ0n) is 6.73. The van der Waals surface area contributed by atoms with E-state index in [4.69, 9.17) is 11.6 Å². The molecule has 0 radical (unpaired) electrons. The molecular formula is C7H11N3OS. The number of benzene rings is 1. The number of hydrogen-bond donors (Lipinski definition) is 2. The van der Waals surface area contributed by atoms with E-state index in [0.29, 0.717) is 5.69 Å². The highest BCUT2D eigenvalue weighted by atomic mass is 32.2. The highest BCUT2D eigenvalue weighted by Crippen LogP contribution is 2.25. The van der Waals surface area contributed by atoms with Crippen LogP contribution >= 0.6 is 12.2 Å². The van der Waals surface area contributed by atoms with E-state index >= 15 is 0 Å². The third-order valence-electron chi connectivity index (χ3n) is 1.43. The van der Waals surface area contributed by atoms with Crippen LogP contribution in [-0.4, -0.2) is 7.05 Å². The molecule has 0 saturated carbocycles. The minimum Gasteiger partial charge on any atom is -0.397 e. The van der Waals surface area contributed by atoms with E-state index in [1.807, 2.05) is 31.3 Å². The first kappa shape index (κ1) is 9.18. The molecule has 0 heterocycles. The first-order valence-electron chi connectivity index (χ1n) is 3.37. The molecule has 4 nitrogen and oxygen atoms in total. The van der Waals surface area contributed by atoms with Gasteiger partial charge >= 0.3 is 0 Å². The predicted octanol–water partition coefficient (Wildman–Crippen LogP) is 1.16. The second-order valence-corrected chi connectivity index (χ2v) is 3.12. The standard InChI is InChI=1S/C7H11N3OS/c1-10(12-11-9)7-5-3-2-4-6(7)8/h2-5H,8-9H2,1H3. The summed E-state index contributed by atoms with van der Waals surface area (Å²) in [5, 5.41) is 0. The van der Waals surface area contributed by atoms with Gasteiger partial charge in [0.2, 0.25) is 0 Å². The van der Waals surface area contributed by atoms with Crippen LogP contribution in [0, 0.1) is 0 Å². The number of para-hydroxylation sites is 2. The number of rotatable bonds is 3. The Hall–Kier alpha value is -0.910. The van der Waals surface area contributed by atoms with E-state index in [-0.39, 0.29) is 0 Å². The van der Waals surface area contributed by atoms with Gasteiger partial charge in [0.1, 0.15) is 12.2 Å². The number of hydrogen-bond acceptors (Lipinski definition) is 5. The van der Waals surface area contributed by atoms with Gasteiger partial charge < -0.3 is 5.73 Å². The van der Waals surface area contributed by atoms with Gasteiger partial charge in [-0.2, -0.15) is 0 Å². The Morgan fingerprint density at radius 3 is 2.67 bits per heavy atom. The van der Waals surface area contributed by atoms with E-state index in [1.165, 1.54) is 0 Å². The van der Waals surface area contributed by atoms with Gasteiger partial charge in [-0.15, -0.1) is 0 Å². The Morgan fingerprint density at radius 2 is 2.08 bits per heavy atom. The quantitative estimate of drug-likeness (QED) is 0.320. The minimum atomic E-state index is 0.699. The van der Waals surface area contributed by atoms with Crippen LogP contribution in [0.25, 0.3) is 0 Å². The van der Waals surface area contributed by atoms with Gasteiger partial charge in [-0.3, -0.25) is 4.31 Å². The second kappa shape index (κ2) is 4.20. The van der Waals surface area contributed by atoms with Crippen molar-refractivity contribution >= 4 is 23.6 Å². The number of anilines is 2. The lowest BCUT2D eigenvalue weighted by Crippen LogP contribution is -2.10. The Bertz CT molecular complexity index is 256. The van der Waals surface area contributed by atoms with Gasteiger partial charge in [-0.1, -0.05) is 12.1 Å². The average Bonchev–Trinajstić information content (AvgIpc) is 2.05. The van der Waals surface area contributed by atoms with Crippen LogP contribution in [0.5, 0.6) is 0 Å². The van der Waals surface area contributed by atoms with Crippen LogP contribution in [0.4, 0.5) is 11.4 Å². The van der Waals surface area contributed by atoms with Crippen molar-refractivity contribution in [1.82, 2.24) is 0 Å². The highest BCUT2D eigenvalue weighted by Gasteiger charge is 2.03. The molecule has 5 heteroatoms. The van der Waals surface area contributed by atoms with Gasteiger partial charge in [0, 0.05) is 7.05 Å². The van der Waals surface area contributed by atoms with Gasteiger partial charge in [0.05, 0.1) is 11.4 Å². The Morgan fingerprint density at radius 1 is 1.42 bits per heavy atom. The van der Waals surface area contributed by atoms with Crippen LogP contribution in [0.15, 0.2) is 24.3 Å². The maximum absolute atomic E-state index is 5.70. The summed E-state index contributed by atoms with van der Waals surface area (Å²) < 4.78 is 6.15. The van der Waals surface area contributed by atoms with Crippen LogP contribution in [-0.2, 0) is 4.28 Å². The molecule has 0 atom stereocenters. The average molecular weight is 185 g/mol. The van der Waals surface area contributed by atoms with E-state index in [0.717, 1.165) is 17.9 Å². The zero-order valence-corrected chi connectivity index (χ0v) is 7.54. The van der Waals surface area contributed by atoms with Crippen LogP contribution < -0.4 is 15.9 Å². The van der Waals surface area contributed by atoms with Crippen LogP contribution in [0.1, 0.15) is 0 Å². The van der Waals surface area contributed by atoms with Crippen molar-refractivity contribution in [2.45, 2.75) is 0 Å². The molecule has 0 aliphatic carbocycles. The number of nitrogens with two attached hydrogens (primary N) is 2. The maximum atomic E-state index is 5.70. The predicted molar refractivity (Wildman–Crippen MR) is 52.1 cm³/mol. The monoisotopic (exact) mass is 185 g/mol. The van der Waals surface area contributed by atoms with Crippen molar-refractivity contribution in [2.24, 2.45) is 5.90 Å². The van der Waals surface area contributed by atoms with E-state index < -0.39 is 0 Å². The van der Waals surface area contributed by atoms with Gasteiger partial charge in [0.15, 0.2) is 0 Å². The zero-order chi connectivity index (χ0) is 8.97. The third kappa shape index (κ3) is 2.04.